The largest absolute Gasteiger partial charge is 0.497 e. The van der Waals surface area contributed by atoms with Crippen LogP contribution in [0.15, 0.2) is 29.3 Å². The van der Waals surface area contributed by atoms with Gasteiger partial charge in [-0.1, -0.05) is 12.1 Å². The minimum Gasteiger partial charge on any atom is -0.497 e. The predicted octanol–water partition coefficient (Wildman–Crippen LogP) is 1.80. The number of aliphatic imine (C=N–C) groups is 1. The number of guanidine groups is 1. The van der Waals surface area contributed by atoms with Gasteiger partial charge in [0.25, 0.3) is 0 Å². The van der Waals surface area contributed by atoms with E-state index in [4.69, 9.17) is 9.47 Å². The Morgan fingerprint density at radius 2 is 1.89 bits per heavy atom. The molecule has 1 aromatic rings. The summed E-state index contributed by atoms with van der Waals surface area (Å²) in [7, 11) is 7.70. The first-order valence-corrected chi connectivity index (χ1v) is 9.69. The third-order valence-corrected chi connectivity index (χ3v) is 4.75. The number of rotatable bonds is 9. The Bertz CT molecular complexity index is 562. The molecule has 1 aliphatic heterocycles. The second-order valence-electron chi connectivity index (χ2n) is 6.97. The quantitative estimate of drug-likeness (QED) is 0.231. The van der Waals surface area contributed by atoms with E-state index in [1.807, 2.05) is 19.2 Å². The minimum atomic E-state index is 0. The van der Waals surface area contributed by atoms with Gasteiger partial charge in [0.15, 0.2) is 5.96 Å². The van der Waals surface area contributed by atoms with Gasteiger partial charge in [0.2, 0.25) is 0 Å². The van der Waals surface area contributed by atoms with Crippen molar-refractivity contribution in [3.8, 4) is 5.75 Å². The number of hydrogen-bond acceptors (Lipinski definition) is 5. The lowest BCUT2D eigenvalue weighted by Gasteiger charge is -2.35. The first kappa shape index (κ1) is 24.9. The van der Waals surface area contributed by atoms with Gasteiger partial charge in [0, 0.05) is 33.2 Å². The molecule has 1 aliphatic rings. The predicted molar refractivity (Wildman–Crippen MR) is 126 cm³/mol. The average Bonchev–Trinajstić information content (AvgIpc) is 2.70. The highest BCUT2D eigenvalue weighted by Crippen LogP contribution is 2.23. The molecule has 7 nitrogen and oxygen atoms in total. The summed E-state index contributed by atoms with van der Waals surface area (Å²) in [6, 6.07) is 8.61. The summed E-state index contributed by atoms with van der Waals surface area (Å²) in [5, 5.41) is 6.90. The molecule has 1 heterocycles. The second-order valence-corrected chi connectivity index (χ2v) is 6.97. The fourth-order valence-electron chi connectivity index (χ4n) is 3.19. The van der Waals surface area contributed by atoms with E-state index in [1.165, 1.54) is 5.56 Å². The van der Waals surface area contributed by atoms with Crippen LogP contribution in [0.1, 0.15) is 18.0 Å². The van der Waals surface area contributed by atoms with Gasteiger partial charge in [0.05, 0.1) is 26.4 Å². The van der Waals surface area contributed by atoms with Crippen molar-refractivity contribution < 1.29 is 9.47 Å². The van der Waals surface area contributed by atoms with Crippen LogP contribution in [0, 0.1) is 0 Å². The van der Waals surface area contributed by atoms with E-state index in [2.05, 4.69) is 51.7 Å². The number of halogens is 1. The van der Waals surface area contributed by atoms with Crippen molar-refractivity contribution in [3.05, 3.63) is 29.8 Å². The molecule has 28 heavy (non-hydrogen) atoms. The van der Waals surface area contributed by atoms with E-state index in [9.17, 15) is 0 Å². The zero-order valence-corrected chi connectivity index (χ0v) is 19.9. The molecule has 0 amide bonds. The Kier molecular flexibility index (Phi) is 12.4. The molecule has 1 fully saturated rings. The molecule has 1 atom stereocenters. The second kappa shape index (κ2) is 14.0. The molecule has 2 rings (SSSR count). The molecular weight excluding hydrogens is 469 g/mol. The van der Waals surface area contributed by atoms with E-state index >= 15 is 0 Å². The highest BCUT2D eigenvalue weighted by molar-refractivity contribution is 14.0. The maximum absolute atomic E-state index is 5.53. The number of nitrogens with zero attached hydrogens (tertiary/aromatic N) is 3. The minimum absolute atomic E-state index is 0. The van der Waals surface area contributed by atoms with Crippen LogP contribution in [0.4, 0.5) is 0 Å². The SMILES string of the molecule is CN=C(NCCCN(C)C)NCC(c1ccc(OC)cc1)N1CCOCC1.I. The van der Waals surface area contributed by atoms with E-state index in [0.29, 0.717) is 0 Å². The molecule has 0 spiro atoms. The topological polar surface area (TPSA) is 61.4 Å². The maximum Gasteiger partial charge on any atom is 0.191 e. The average molecular weight is 505 g/mol. The zero-order chi connectivity index (χ0) is 19.5. The molecule has 160 valence electrons. The van der Waals surface area contributed by atoms with Crippen molar-refractivity contribution >= 4 is 29.9 Å². The third kappa shape index (κ3) is 8.50. The van der Waals surface area contributed by atoms with E-state index < -0.39 is 0 Å². The lowest BCUT2D eigenvalue weighted by atomic mass is 10.0. The van der Waals surface area contributed by atoms with Gasteiger partial charge in [-0.3, -0.25) is 9.89 Å². The van der Waals surface area contributed by atoms with E-state index in [0.717, 1.165) is 64.1 Å². The van der Waals surface area contributed by atoms with Crippen LogP contribution in [0.2, 0.25) is 0 Å². The number of methoxy groups -OCH3 is 1. The van der Waals surface area contributed by atoms with Crippen molar-refractivity contribution in [2.24, 2.45) is 4.99 Å². The Labute approximate surface area is 186 Å². The van der Waals surface area contributed by atoms with Crippen molar-refractivity contribution in [2.75, 3.05) is 74.2 Å². The number of morpholine rings is 1. The first-order valence-electron chi connectivity index (χ1n) is 9.69. The Hall–Kier alpha value is -1.10. The van der Waals surface area contributed by atoms with Crippen LogP contribution in [0.5, 0.6) is 5.75 Å². The Morgan fingerprint density at radius 1 is 1.21 bits per heavy atom. The number of benzene rings is 1. The van der Waals surface area contributed by atoms with Crippen LogP contribution in [0.25, 0.3) is 0 Å². The lowest BCUT2D eigenvalue weighted by Crippen LogP contribution is -2.46. The van der Waals surface area contributed by atoms with E-state index in [-0.39, 0.29) is 30.0 Å². The third-order valence-electron chi connectivity index (χ3n) is 4.75. The lowest BCUT2D eigenvalue weighted by molar-refractivity contribution is 0.0170. The smallest absolute Gasteiger partial charge is 0.191 e. The fraction of sp³-hybridized carbons (Fsp3) is 0.650. The summed E-state index contributed by atoms with van der Waals surface area (Å²) in [6.45, 7) is 6.20. The van der Waals surface area contributed by atoms with E-state index in [1.54, 1.807) is 7.11 Å². The summed E-state index contributed by atoms with van der Waals surface area (Å²) in [6.07, 6.45) is 1.08. The van der Waals surface area contributed by atoms with Gasteiger partial charge in [-0.25, -0.2) is 0 Å². The standard InChI is InChI=1S/C20H35N5O2.HI/c1-21-20(22-10-5-11-24(2)3)23-16-19(25-12-14-27-15-13-25)17-6-8-18(26-4)9-7-17;/h6-9,19H,5,10-16H2,1-4H3,(H2,21,22,23);1H. The molecular formula is C20H36IN5O2. The molecule has 8 heteroatoms. The summed E-state index contributed by atoms with van der Waals surface area (Å²) in [4.78, 5) is 9.02. The molecule has 1 saturated heterocycles. The van der Waals surface area contributed by atoms with Crippen LogP contribution in [0.3, 0.4) is 0 Å². The Balaban J connectivity index is 0.00000392. The van der Waals surface area contributed by atoms with Crippen LogP contribution >= 0.6 is 24.0 Å². The highest BCUT2D eigenvalue weighted by atomic mass is 127. The molecule has 1 aromatic carbocycles. The molecule has 0 aromatic heterocycles. The number of hydrogen-bond donors (Lipinski definition) is 2. The molecule has 0 radical (unpaired) electrons. The maximum atomic E-state index is 5.53. The monoisotopic (exact) mass is 505 g/mol. The van der Waals surface area contributed by atoms with Crippen molar-refractivity contribution in [1.82, 2.24) is 20.4 Å². The molecule has 0 saturated carbocycles. The van der Waals surface area contributed by atoms with Gasteiger partial charge in [-0.15, -0.1) is 24.0 Å². The van der Waals surface area contributed by atoms with Crippen molar-refractivity contribution in [2.45, 2.75) is 12.5 Å². The summed E-state index contributed by atoms with van der Waals surface area (Å²) in [5.74, 6) is 1.73. The summed E-state index contributed by atoms with van der Waals surface area (Å²) >= 11 is 0. The zero-order valence-electron chi connectivity index (χ0n) is 17.6. The van der Waals surface area contributed by atoms with Gasteiger partial charge < -0.3 is 25.0 Å². The van der Waals surface area contributed by atoms with Crippen molar-refractivity contribution in [3.63, 3.8) is 0 Å². The van der Waals surface area contributed by atoms with Gasteiger partial charge in [-0.05, 0) is 44.8 Å². The number of nitrogens with one attached hydrogen (secondary N) is 2. The fourth-order valence-corrected chi connectivity index (χ4v) is 3.19. The Morgan fingerprint density at radius 3 is 2.46 bits per heavy atom. The van der Waals surface area contributed by atoms with Gasteiger partial charge in [-0.2, -0.15) is 0 Å². The van der Waals surface area contributed by atoms with Crippen molar-refractivity contribution in [1.29, 1.82) is 0 Å². The van der Waals surface area contributed by atoms with Gasteiger partial charge in [0.1, 0.15) is 5.75 Å². The van der Waals surface area contributed by atoms with Gasteiger partial charge >= 0.3 is 0 Å². The number of ether oxygens (including phenoxy) is 2. The molecule has 1 unspecified atom stereocenters. The summed E-state index contributed by atoms with van der Waals surface area (Å²) in [5.41, 5.74) is 1.27. The first-order chi connectivity index (χ1) is 13.1. The molecule has 2 N–H and O–H groups in total. The van der Waals surface area contributed by atoms with Crippen LogP contribution < -0.4 is 15.4 Å². The van der Waals surface area contributed by atoms with Crippen LogP contribution in [-0.4, -0.2) is 89.9 Å². The molecule has 0 aliphatic carbocycles. The normalized spacial score (nSPS) is 16.4. The van der Waals surface area contributed by atoms with Crippen LogP contribution in [-0.2, 0) is 4.74 Å². The summed E-state index contributed by atoms with van der Waals surface area (Å²) < 4.78 is 10.8. The molecule has 0 bridgehead atoms. The highest BCUT2D eigenvalue weighted by Gasteiger charge is 2.23.